The van der Waals surface area contributed by atoms with Crippen molar-refractivity contribution in [2.45, 2.75) is 13.0 Å². The summed E-state index contributed by atoms with van der Waals surface area (Å²) in [5.41, 5.74) is 5.74. The normalized spacial score (nSPS) is 10.4. The number of nitrogens with one attached hydrogen (secondary N) is 1. The van der Waals surface area contributed by atoms with Gasteiger partial charge in [0.1, 0.15) is 11.5 Å². The van der Waals surface area contributed by atoms with Gasteiger partial charge in [-0.1, -0.05) is 0 Å². The molecule has 0 unspecified atom stereocenters. The average molecular weight is 295 g/mol. The largest absolute Gasteiger partial charge is 0.475 e. The van der Waals surface area contributed by atoms with Crippen LogP contribution in [0.1, 0.15) is 31.8 Å². The van der Waals surface area contributed by atoms with E-state index in [1.54, 1.807) is 5.38 Å². The Morgan fingerprint density at radius 1 is 1.45 bits per heavy atom. The van der Waals surface area contributed by atoms with E-state index in [0.717, 1.165) is 5.01 Å². The summed E-state index contributed by atoms with van der Waals surface area (Å²) in [5, 5.41) is 13.8. The highest BCUT2D eigenvalue weighted by Gasteiger charge is 2.12. The highest BCUT2D eigenvalue weighted by molar-refractivity contribution is 7.09. The van der Waals surface area contributed by atoms with Crippen molar-refractivity contribution in [3.8, 4) is 0 Å². The van der Waals surface area contributed by atoms with E-state index in [2.05, 4.69) is 10.3 Å². The van der Waals surface area contributed by atoms with Crippen molar-refractivity contribution >= 4 is 23.2 Å². The first-order valence-electron chi connectivity index (χ1n) is 5.85. The lowest BCUT2D eigenvalue weighted by molar-refractivity contribution is 0.0660. The van der Waals surface area contributed by atoms with Crippen molar-refractivity contribution in [1.29, 1.82) is 0 Å². The fourth-order valence-corrected chi connectivity index (χ4v) is 2.29. The molecule has 0 aliphatic carbocycles. The third-order valence-electron chi connectivity index (χ3n) is 2.44. The first-order chi connectivity index (χ1) is 9.60. The molecule has 0 aliphatic rings. The maximum Gasteiger partial charge on any atom is 0.371 e. The molecule has 0 atom stereocenters. The van der Waals surface area contributed by atoms with Crippen LogP contribution in [0.2, 0.25) is 0 Å². The van der Waals surface area contributed by atoms with Gasteiger partial charge in [0.25, 0.3) is 5.91 Å². The van der Waals surface area contributed by atoms with E-state index in [1.165, 1.54) is 23.5 Å². The van der Waals surface area contributed by atoms with Crippen molar-refractivity contribution in [2.24, 2.45) is 5.73 Å². The Hall–Kier alpha value is -2.19. The minimum atomic E-state index is -1.14. The van der Waals surface area contributed by atoms with Crippen molar-refractivity contribution in [3.05, 3.63) is 39.7 Å². The van der Waals surface area contributed by atoms with Crippen LogP contribution in [0.5, 0.6) is 0 Å². The van der Waals surface area contributed by atoms with E-state index in [1.807, 2.05) is 0 Å². The molecule has 0 saturated heterocycles. The van der Waals surface area contributed by atoms with Crippen LogP contribution in [0.15, 0.2) is 21.9 Å². The number of rotatable bonds is 6. The number of aromatic carboxylic acids is 1. The molecule has 0 bridgehead atoms. The molecule has 2 rings (SSSR count). The van der Waals surface area contributed by atoms with Gasteiger partial charge < -0.3 is 20.6 Å². The van der Waals surface area contributed by atoms with Crippen LogP contribution >= 0.6 is 11.3 Å². The zero-order valence-corrected chi connectivity index (χ0v) is 11.3. The summed E-state index contributed by atoms with van der Waals surface area (Å²) in [6.45, 7) is 0.592. The third kappa shape index (κ3) is 3.43. The molecule has 0 saturated carbocycles. The first-order valence-corrected chi connectivity index (χ1v) is 6.73. The number of furan rings is 1. The molecule has 4 N–H and O–H groups in total. The van der Waals surface area contributed by atoms with Crippen molar-refractivity contribution < 1.29 is 19.1 Å². The molecule has 0 radical (unpaired) electrons. The highest BCUT2D eigenvalue weighted by atomic mass is 32.1. The van der Waals surface area contributed by atoms with Crippen molar-refractivity contribution in [2.75, 3.05) is 6.54 Å². The van der Waals surface area contributed by atoms with Gasteiger partial charge in [0.2, 0.25) is 5.76 Å². The van der Waals surface area contributed by atoms with Gasteiger partial charge in [-0.25, -0.2) is 9.78 Å². The van der Waals surface area contributed by atoms with Crippen LogP contribution in [0, 0.1) is 0 Å². The Kier molecular flexibility index (Phi) is 4.49. The van der Waals surface area contributed by atoms with Gasteiger partial charge in [-0.3, -0.25) is 4.79 Å². The molecule has 8 heteroatoms. The van der Waals surface area contributed by atoms with Crippen LogP contribution in [0.4, 0.5) is 0 Å². The van der Waals surface area contributed by atoms with Crippen LogP contribution < -0.4 is 11.1 Å². The molecular formula is C12H13N3O4S. The topological polar surface area (TPSA) is 118 Å². The molecule has 2 aromatic rings. The fourth-order valence-electron chi connectivity index (χ4n) is 1.50. The molecule has 2 heterocycles. The molecule has 1 amide bonds. The van der Waals surface area contributed by atoms with Gasteiger partial charge in [0.15, 0.2) is 0 Å². The zero-order valence-electron chi connectivity index (χ0n) is 10.5. The number of carbonyl (C=O) groups excluding carboxylic acids is 1. The number of nitrogens with zero attached hydrogens (tertiary/aromatic N) is 1. The number of hydrogen-bond acceptors (Lipinski definition) is 6. The summed E-state index contributed by atoms with van der Waals surface area (Å²) in [4.78, 5) is 26.6. The Morgan fingerprint density at radius 2 is 2.25 bits per heavy atom. The standard InChI is InChI=1S/C12H13N3O4S/c13-4-3-10-15-8(6-20-10)11(16)14-5-7-1-2-9(19-7)12(17)18/h1-2,6H,3-5,13H2,(H,14,16)(H,17,18). The van der Waals surface area contributed by atoms with E-state index < -0.39 is 5.97 Å². The molecule has 106 valence electrons. The van der Waals surface area contributed by atoms with Crippen molar-refractivity contribution in [1.82, 2.24) is 10.3 Å². The summed E-state index contributed by atoms with van der Waals surface area (Å²) in [6, 6.07) is 2.84. The number of carboxylic acid groups (broad SMARTS) is 1. The second-order valence-electron chi connectivity index (χ2n) is 3.92. The number of aromatic nitrogens is 1. The van der Waals surface area contributed by atoms with E-state index >= 15 is 0 Å². The monoisotopic (exact) mass is 295 g/mol. The summed E-state index contributed by atoms with van der Waals surface area (Å²) in [7, 11) is 0. The Labute approximate surface area is 118 Å². The molecule has 2 aromatic heterocycles. The predicted octanol–water partition coefficient (Wildman–Crippen LogP) is 0.865. The number of carboxylic acids is 1. The SMILES string of the molecule is NCCc1nc(C(=O)NCc2ccc(C(=O)O)o2)cs1. The Morgan fingerprint density at radius 3 is 2.90 bits per heavy atom. The van der Waals surface area contributed by atoms with Crippen LogP contribution in [0.25, 0.3) is 0 Å². The van der Waals surface area contributed by atoms with E-state index in [9.17, 15) is 9.59 Å². The van der Waals surface area contributed by atoms with Crippen molar-refractivity contribution in [3.63, 3.8) is 0 Å². The van der Waals surface area contributed by atoms with Crippen LogP contribution in [-0.4, -0.2) is 28.5 Å². The summed E-state index contributed by atoms with van der Waals surface area (Å²) < 4.78 is 5.03. The predicted molar refractivity (Wildman–Crippen MR) is 71.7 cm³/mol. The molecule has 20 heavy (non-hydrogen) atoms. The first kappa shape index (κ1) is 14.2. The zero-order chi connectivity index (χ0) is 14.5. The minimum Gasteiger partial charge on any atom is -0.475 e. The number of thiazole rings is 1. The second kappa shape index (κ2) is 6.31. The molecule has 0 aliphatic heterocycles. The minimum absolute atomic E-state index is 0.107. The van der Waals surface area contributed by atoms with Gasteiger partial charge in [0, 0.05) is 11.8 Å². The lowest BCUT2D eigenvalue weighted by Crippen LogP contribution is -2.23. The van der Waals surface area contributed by atoms with Gasteiger partial charge >= 0.3 is 5.97 Å². The summed E-state index contributed by atoms with van der Waals surface area (Å²) in [6.07, 6.45) is 0.637. The molecule has 0 spiro atoms. The quantitative estimate of drug-likeness (QED) is 0.727. The lowest BCUT2D eigenvalue weighted by Gasteiger charge is -2.00. The number of amides is 1. The lowest BCUT2D eigenvalue weighted by atomic mass is 10.4. The van der Waals surface area contributed by atoms with E-state index in [4.69, 9.17) is 15.3 Å². The summed E-state index contributed by atoms with van der Waals surface area (Å²) >= 11 is 1.38. The van der Waals surface area contributed by atoms with Gasteiger partial charge in [-0.05, 0) is 18.7 Å². The number of hydrogen-bond donors (Lipinski definition) is 3. The average Bonchev–Trinajstić information content (AvgIpc) is 3.05. The second-order valence-corrected chi connectivity index (χ2v) is 4.86. The Bertz CT molecular complexity index is 620. The third-order valence-corrected chi connectivity index (χ3v) is 3.35. The Balaban J connectivity index is 1.91. The van der Waals surface area contributed by atoms with Gasteiger partial charge in [-0.15, -0.1) is 11.3 Å². The van der Waals surface area contributed by atoms with Crippen LogP contribution in [-0.2, 0) is 13.0 Å². The van der Waals surface area contributed by atoms with E-state index in [-0.39, 0.29) is 18.2 Å². The smallest absolute Gasteiger partial charge is 0.371 e. The summed E-state index contributed by atoms with van der Waals surface area (Å²) in [5.74, 6) is -1.27. The highest BCUT2D eigenvalue weighted by Crippen LogP contribution is 2.11. The maximum atomic E-state index is 11.8. The molecule has 0 aromatic carbocycles. The van der Waals surface area contributed by atoms with Gasteiger partial charge in [-0.2, -0.15) is 0 Å². The van der Waals surface area contributed by atoms with Crippen LogP contribution in [0.3, 0.4) is 0 Å². The fraction of sp³-hybridized carbons (Fsp3) is 0.250. The number of carbonyl (C=O) groups is 2. The molecular weight excluding hydrogens is 282 g/mol. The molecule has 7 nitrogen and oxygen atoms in total. The van der Waals surface area contributed by atoms with Gasteiger partial charge in [0.05, 0.1) is 11.6 Å². The number of nitrogens with two attached hydrogens (primary N) is 1. The maximum absolute atomic E-state index is 11.8. The van der Waals surface area contributed by atoms with E-state index in [0.29, 0.717) is 24.4 Å². The molecule has 0 fully saturated rings.